The van der Waals surface area contributed by atoms with Gasteiger partial charge in [-0.25, -0.2) is 0 Å². The molecule has 0 atom stereocenters. The first-order valence-corrected chi connectivity index (χ1v) is 16.6. The van der Waals surface area contributed by atoms with Crippen molar-refractivity contribution < 1.29 is 18.9 Å². The van der Waals surface area contributed by atoms with Gasteiger partial charge in [-0.05, 0) is 83.6 Å². The summed E-state index contributed by atoms with van der Waals surface area (Å²) in [6.07, 6.45) is 10.3. The van der Waals surface area contributed by atoms with Crippen molar-refractivity contribution in [1.29, 1.82) is 0 Å². The van der Waals surface area contributed by atoms with E-state index in [1.807, 2.05) is 24.3 Å². The Balaban J connectivity index is 0.814. The molecule has 0 bridgehead atoms. The topological polar surface area (TPSA) is 45.7 Å². The van der Waals surface area contributed by atoms with E-state index in [1.54, 1.807) is 0 Å². The predicted octanol–water partition coefficient (Wildman–Crippen LogP) is 8.80. The molecule has 0 N–H and O–H groups in total. The van der Waals surface area contributed by atoms with Crippen molar-refractivity contribution in [3.05, 3.63) is 157 Å². The lowest BCUT2D eigenvalue weighted by molar-refractivity contribution is 0.101. The van der Waals surface area contributed by atoms with E-state index < -0.39 is 0 Å². The van der Waals surface area contributed by atoms with Crippen LogP contribution in [0.1, 0.15) is 11.1 Å². The molecule has 7 aromatic rings. The van der Waals surface area contributed by atoms with E-state index in [2.05, 4.69) is 131 Å². The predicted molar refractivity (Wildman–Crippen MR) is 192 cm³/mol. The molecular weight excluding hydrogens is 596 g/mol. The second-order valence-electron chi connectivity index (χ2n) is 11.7. The molecule has 7 rings (SSSR count). The zero-order chi connectivity index (χ0) is 32.4. The molecule has 4 aromatic heterocycles. The van der Waals surface area contributed by atoms with Crippen molar-refractivity contribution in [2.24, 2.45) is 0 Å². The molecule has 242 valence electrons. The number of nitrogens with zero attached hydrogens (tertiary/aromatic N) is 2. The number of ether oxygens (including phenoxy) is 4. The van der Waals surface area contributed by atoms with Gasteiger partial charge < -0.3 is 27.7 Å². The Hall–Kier alpha value is -5.30. The molecule has 0 aliphatic rings. The maximum Gasteiger partial charge on any atom is 0.119 e. The molecule has 6 nitrogen and oxygen atoms in total. The zero-order valence-electron chi connectivity index (χ0n) is 27.0. The number of pyridine rings is 2. The van der Waals surface area contributed by atoms with Crippen LogP contribution in [0, 0.1) is 0 Å². The Morgan fingerprint density at radius 2 is 0.812 bits per heavy atom. The van der Waals surface area contributed by atoms with E-state index in [0.717, 1.165) is 24.3 Å². The smallest absolute Gasteiger partial charge is 0.119 e. The minimum Gasteiger partial charge on any atom is -0.491 e. The monoisotopic (exact) mass is 636 g/mol. The quantitative estimate of drug-likeness (QED) is 0.0995. The largest absolute Gasteiger partial charge is 0.491 e. The van der Waals surface area contributed by atoms with Gasteiger partial charge in [0.2, 0.25) is 0 Å². The summed E-state index contributed by atoms with van der Waals surface area (Å²) in [6, 6.07) is 41.4. The van der Waals surface area contributed by atoms with Crippen LogP contribution in [0.15, 0.2) is 146 Å². The molecule has 6 heteroatoms. The van der Waals surface area contributed by atoms with Crippen LogP contribution in [0.25, 0.3) is 33.3 Å². The molecule has 0 radical (unpaired) electrons. The normalized spacial score (nSPS) is 11.3. The van der Waals surface area contributed by atoms with Crippen molar-refractivity contribution in [2.45, 2.75) is 12.8 Å². The average molecular weight is 637 g/mol. The Morgan fingerprint density at radius 3 is 1.25 bits per heavy atom. The van der Waals surface area contributed by atoms with Crippen LogP contribution in [0.5, 0.6) is 11.5 Å². The van der Waals surface area contributed by atoms with E-state index in [4.69, 9.17) is 18.9 Å². The number of aromatic nitrogens is 2. The van der Waals surface area contributed by atoms with Crippen LogP contribution in [0.3, 0.4) is 0 Å². The first-order chi connectivity index (χ1) is 23.8. The Labute approximate surface area is 281 Å². The van der Waals surface area contributed by atoms with E-state index in [0.29, 0.717) is 39.6 Å². The van der Waals surface area contributed by atoms with E-state index in [-0.39, 0.29) is 0 Å². The maximum atomic E-state index is 5.98. The third-order valence-corrected chi connectivity index (χ3v) is 8.56. The van der Waals surface area contributed by atoms with Crippen molar-refractivity contribution in [1.82, 2.24) is 8.80 Å². The van der Waals surface area contributed by atoms with E-state index in [1.165, 1.54) is 44.4 Å². The van der Waals surface area contributed by atoms with Crippen LogP contribution in [0.2, 0.25) is 0 Å². The highest BCUT2D eigenvalue weighted by atomic mass is 16.5. The van der Waals surface area contributed by atoms with Crippen LogP contribution in [-0.4, -0.2) is 48.4 Å². The number of benzene rings is 3. The molecule has 0 aliphatic carbocycles. The fraction of sp³-hybridized carbons (Fsp3) is 0.190. The fourth-order valence-electron chi connectivity index (χ4n) is 6.24. The Bertz CT molecular complexity index is 1880. The van der Waals surface area contributed by atoms with Gasteiger partial charge in [-0.15, -0.1) is 0 Å². The fourth-order valence-corrected chi connectivity index (χ4v) is 6.24. The molecule has 0 saturated carbocycles. The van der Waals surface area contributed by atoms with Crippen molar-refractivity contribution >= 4 is 11.0 Å². The average Bonchev–Trinajstić information content (AvgIpc) is 3.71. The molecule has 3 aromatic carbocycles. The molecule has 0 amide bonds. The molecule has 0 spiro atoms. The van der Waals surface area contributed by atoms with Gasteiger partial charge in [-0.3, -0.25) is 0 Å². The number of hydrogen-bond donors (Lipinski definition) is 0. The minimum absolute atomic E-state index is 0.485. The molecule has 0 fully saturated rings. The van der Waals surface area contributed by atoms with Gasteiger partial charge in [0.25, 0.3) is 0 Å². The maximum absolute atomic E-state index is 5.98. The molecule has 0 aliphatic heterocycles. The summed E-state index contributed by atoms with van der Waals surface area (Å²) in [6.45, 7) is 3.27. The summed E-state index contributed by atoms with van der Waals surface area (Å²) in [5, 5.41) is 0. The van der Waals surface area contributed by atoms with E-state index in [9.17, 15) is 0 Å². The van der Waals surface area contributed by atoms with E-state index >= 15 is 0 Å². The summed E-state index contributed by atoms with van der Waals surface area (Å²) >= 11 is 0. The van der Waals surface area contributed by atoms with Crippen LogP contribution < -0.4 is 9.47 Å². The lowest BCUT2D eigenvalue weighted by Crippen LogP contribution is -2.09. The van der Waals surface area contributed by atoms with Gasteiger partial charge >= 0.3 is 0 Å². The Morgan fingerprint density at radius 1 is 0.396 bits per heavy atom. The summed E-state index contributed by atoms with van der Waals surface area (Å²) in [5.41, 5.74) is 9.98. The van der Waals surface area contributed by atoms with Crippen LogP contribution in [0.4, 0.5) is 0 Å². The second-order valence-corrected chi connectivity index (χ2v) is 11.7. The summed E-state index contributed by atoms with van der Waals surface area (Å²) in [5.74, 6) is 1.59. The van der Waals surface area contributed by atoms with Gasteiger partial charge in [0, 0.05) is 46.9 Å². The van der Waals surface area contributed by atoms with Gasteiger partial charge in [0.15, 0.2) is 0 Å². The SMILES string of the molecule is c1ccc(-c2cn3ccccc3c2CCOCCOc2ccc(OCCOCCc3c(-c4ccccc4)cn4ccccc34)cc2)cc1. The highest BCUT2D eigenvalue weighted by Crippen LogP contribution is 2.30. The second kappa shape index (κ2) is 15.5. The summed E-state index contributed by atoms with van der Waals surface area (Å²) in [7, 11) is 0. The number of hydrogen-bond acceptors (Lipinski definition) is 4. The third kappa shape index (κ3) is 7.46. The van der Waals surface area contributed by atoms with Gasteiger partial charge in [0.1, 0.15) is 24.7 Å². The highest BCUT2D eigenvalue weighted by molar-refractivity contribution is 5.77. The molecule has 48 heavy (non-hydrogen) atoms. The lowest BCUT2D eigenvalue weighted by Gasteiger charge is -2.10. The Kier molecular flexibility index (Phi) is 10.1. The standard InChI is InChI=1S/C42H40N2O4/c1-3-11-33(12-4-1)39-31-43-23-9-7-15-41(43)37(39)21-25-45-27-29-47-35-17-19-36(20-18-35)48-30-28-46-26-22-38-40(34-13-5-2-6-14-34)32-44-24-10-8-16-42(38)44/h1-20,23-24,31-32H,21-22,25-30H2. The van der Waals surface area contributed by atoms with Crippen LogP contribution >= 0.6 is 0 Å². The number of fused-ring (bicyclic) bond motifs is 2. The summed E-state index contributed by atoms with van der Waals surface area (Å²) in [4.78, 5) is 0. The summed E-state index contributed by atoms with van der Waals surface area (Å²) < 4.78 is 28.2. The van der Waals surface area contributed by atoms with Crippen molar-refractivity contribution in [3.8, 4) is 33.8 Å². The number of rotatable bonds is 16. The lowest BCUT2D eigenvalue weighted by atomic mass is 10.0. The molecule has 4 heterocycles. The van der Waals surface area contributed by atoms with Gasteiger partial charge in [0.05, 0.1) is 26.4 Å². The molecule has 0 unspecified atom stereocenters. The first kappa shape index (κ1) is 31.3. The zero-order valence-corrected chi connectivity index (χ0v) is 27.0. The first-order valence-electron chi connectivity index (χ1n) is 16.6. The van der Waals surface area contributed by atoms with Gasteiger partial charge in [-0.1, -0.05) is 72.8 Å². The van der Waals surface area contributed by atoms with Crippen molar-refractivity contribution in [3.63, 3.8) is 0 Å². The third-order valence-electron chi connectivity index (χ3n) is 8.56. The highest BCUT2D eigenvalue weighted by Gasteiger charge is 2.13. The van der Waals surface area contributed by atoms with Crippen LogP contribution in [-0.2, 0) is 22.3 Å². The molecular formula is C42H40N2O4. The molecule has 0 saturated heterocycles. The van der Waals surface area contributed by atoms with Gasteiger partial charge in [-0.2, -0.15) is 0 Å². The minimum atomic E-state index is 0.485. The van der Waals surface area contributed by atoms with Crippen molar-refractivity contribution in [2.75, 3.05) is 39.6 Å².